The van der Waals surface area contributed by atoms with Crippen molar-refractivity contribution in [3.05, 3.63) is 42.5 Å². The molecule has 0 heterocycles. The number of hydrogen-bond donors (Lipinski definition) is 3. The van der Waals surface area contributed by atoms with Crippen molar-refractivity contribution in [1.29, 1.82) is 0 Å². The Kier molecular flexibility index (Phi) is 13.7. The zero-order chi connectivity index (χ0) is 18.9. The number of aliphatic carboxylic acids is 2. The van der Waals surface area contributed by atoms with E-state index in [0.717, 1.165) is 45.1 Å². The average Bonchev–Trinajstić information content (AvgIpc) is 2.61. The van der Waals surface area contributed by atoms with E-state index < -0.39 is 11.9 Å². The number of hydrogen-bond acceptors (Lipinski definition) is 5. The van der Waals surface area contributed by atoms with Crippen molar-refractivity contribution in [2.24, 2.45) is 0 Å². The van der Waals surface area contributed by atoms with Crippen LogP contribution in [0.2, 0.25) is 0 Å². The van der Waals surface area contributed by atoms with Crippen molar-refractivity contribution in [2.45, 2.75) is 13.8 Å². The Bertz CT molecular complexity index is 485. The summed E-state index contributed by atoms with van der Waals surface area (Å²) in [6.45, 7) is 10.4. The Morgan fingerprint density at radius 3 is 2.08 bits per heavy atom. The lowest BCUT2D eigenvalue weighted by molar-refractivity contribution is -0.134. The molecule has 0 aliphatic rings. The van der Waals surface area contributed by atoms with Crippen molar-refractivity contribution in [1.82, 2.24) is 10.2 Å². The zero-order valence-corrected chi connectivity index (χ0v) is 14.9. The molecule has 0 bridgehead atoms. The van der Waals surface area contributed by atoms with E-state index >= 15 is 0 Å². The highest BCUT2D eigenvalue weighted by molar-refractivity contribution is 5.89. The molecule has 1 rings (SSSR count). The highest BCUT2D eigenvalue weighted by atomic mass is 16.5. The molecule has 0 atom stereocenters. The summed E-state index contributed by atoms with van der Waals surface area (Å²) in [5, 5.41) is 19.0. The summed E-state index contributed by atoms with van der Waals surface area (Å²) in [6.07, 6.45) is 1.12. The molecular formula is C18H28N2O5. The molecule has 0 fully saturated rings. The van der Waals surface area contributed by atoms with Crippen LogP contribution in [0, 0.1) is 0 Å². The highest BCUT2D eigenvalue weighted by Crippen LogP contribution is 2.07. The number of carboxylic acid groups (broad SMARTS) is 2. The van der Waals surface area contributed by atoms with Crippen LogP contribution in [0.4, 0.5) is 0 Å². The minimum absolute atomic E-state index is 0.558. The Labute approximate surface area is 148 Å². The molecule has 0 amide bonds. The molecule has 1 aromatic rings. The molecule has 7 nitrogen and oxygen atoms in total. The van der Waals surface area contributed by atoms with Crippen LogP contribution in [0.5, 0.6) is 5.75 Å². The van der Waals surface area contributed by atoms with Crippen LogP contribution in [0.3, 0.4) is 0 Å². The first-order chi connectivity index (χ1) is 12.0. The maximum atomic E-state index is 9.55. The number of ether oxygens (including phenoxy) is 1. The summed E-state index contributed by atoms with van der Waals surface area (Å²) in [5.74, 6) is -1.57. The summed E-state index contributed by atoms with van der Waals surface area (Å²) >= 11 is 0. The highest BCUT2D eigenvalue weighted by Gasteiger charge is 1.97. The predicted molar refractivity (Wildman–Crippen MR) is 97.0 cm³/mol. The minimum Gasteiger partial charge on any atom is -0.492 e. The summed E-state index contributed by atoms with van der Waals surface area (Å²) in [5.41, 5.74) is 0. The third-order valence-corrected chi connectivity index (χ3v) is 3.16. The third kappa shape index (κ3) is 14.9. The fourth-order valence-electron chi connectivity index (χ4n) is 1.80. The maximum absolute atomic E-state index is 9.55. The minimum atomic E-state index is -1.26. The number of nitrogens with one attached hydrogen (secondary N) is 1. The third-order valence-electron chi connectivity index (χ3n) is 3.16. The van der Waals surface area contributed by atoms with Gasteiger partial charge in [0.1, 0.15) is 12.4 Å². The van der Waals surface area contributed by atoms with Gasteiger partial charge in [0.05, 0.1) is 0 Å². The van der Waals surface area contributed by atoms with Crippen LogP contribution >= 0.6 is 0 Å². The summed E-state index contributed by atoms with van der Waals surface area (Å²) < 4.78 is 5.59. The van der Waals surface area contributed by atoms with Crippen molar-refractivity contribution in [3.63, 3.8) is 0 Å². The van der Waals surface area contributed by atoms with E-state index in [4.69, 9.17) is 14.9 Å². The van der Waals surface area contributed by atoms with Crippen molar-refractivity contribution < 1.29 is 24.5 Å². The lowest BCUT2D eigenvalue weighted by Gasteiger charge is -2.18. The quantitative estimate of drug-likeness (QED) is 0.412. The topological polar surface area (TPSA) is 99.1 Å². The van der Waals surface area contributed by atoms with Gasteiger partial charge in [-0.05, 0) is 25.2 Å². The Hall–Kier alpha value is -2.38. The lowest BCUT2D eigenvalue weighted by Crippen LogP contribution is -2.33. The molecule has 0 aliphatic heterocycles. The summed E-state index contributed by atoms with van der Waals surface area (Å²) in [6, 6.07) is 9.94. The van der Waals surface area contributed by atoms with Gasteiger partial charge >= 0.3 is 11.9 Å². The fraction of sp³-hybridized carbons (Fsp3) is 0.444. The van der Waals surface area contributed by atoms with Gasteiger partial charge in [0.15, 0.2) is 0 Å². The van der Waals surface area contributed by atoms with E-state index in [-0.39, 0.29) is 0 Å². The van der Waals surface area contributed by atoms with E-state index in [2.05, 4.69) is 24.1 Å². The van der Waals surface area contributed by atoms with E-state index in [0.29, 0.717) is 12.2 Å². The molecule has 0 aromatic heterocycles. The Morgan fingerprint density at radius 2 is 1.60 bits per heavy atom. The number of carbonyl (C=O) groups is 2. The van der Waals surface area contributed by atoms with E-state index in [1.165, 1.54) is 0 Å². The Morgan fingerprint density at radius 1 is 1.04 bits per heavy atom. The van der Waals surface area contributed by atoms with Crippen molar-refractivity contribution in [2.75, 3.05) is 39.3 Å². The van der Waals surface area contributed by atoms with Gasteiger partial charge < -0.3 is 25.2 Å². The van der Waals surface area contributed by atoms with Crippen LogP contribution < -0.4 is 10.1 Å². The molecule has 3 N–H and O–H groups in total. The summed E-state index contributed by atoms with van der Waals surface area (Å²) in [4.78, 5) is 21.5. The van der Waals surface area contributed by atoms with Crippen molar-refractivity contribution in [3.8, 4) is 5.75 Å². The lowest BCUT2D eigenvalue weighted by atomic mass is 10.3. The number of carboxylic acids is 2. The maximum Gasteiger partial charge on any atom is 0.328 e. The number of rotatable bonds is 11. The first-order valence-corrected chi connectivity index (χ1v) is 8.24. The number of para-hydroxylation sites is 1. The second kappa shape index (κ2) is 15.2. The number of likely N-dealkylation sites (N-methyl/N-ethyl adjacent to an activating group) is 1. The van der Waals surface area contributed by atoms with E-state index in [1.54, 1.807) is 0 Å². The van der Waals surface area contributed by atoms with Crippen LogP contribution in [-0.2, 0) is 9.59 Å². The van der Waals surface area contributed by atoms with Crippen LogP contribution in [-0.4, -0.2) is 66.4 Å². The molecule has 0 aliphatic carbocycles. The molecule has 25 heavy (non-hydrogen) atoms. The van der Waals surface area contributed by atoms with Gasteiger partial charge in [-0.3, -0.25) is 0 Å². The average molecular weight is 352 g/mol. The molecule has 1 aromatic carbocycles. The largest absolute Gasteiger partial charge is 0.492 e. The summed E-state index contributed by atoms with van der Waals surface area (Å²) in [7, 11) is 0. The molecule has 140 valence electrons. The van der Waals surface area contributed by atoms with E-state index in [9.17, 15) is 9.59 Å². The number of benzene rings is 1. The fourth-order valence-corrected chi connectivity index (χ4v) is 1.80. The monoisotopic (exact) mass is 352 g/mol. The normalized spacial score (nSPS) is 10.4. The number of nitrogens with zero attached hydrogens (tertiary/aromatic N) is 1. The van der Waals surface area contributed by atoms with Crippen LogP contribution in [0.25, 0.3) is 0 Å². The van der Waals surface area contributed by atoms with Gasteiger partial charge in [-0.2, -0.15) is 0 Å². The van der Waals surface area contributed by atoms with Gasteiger partial charge in [0.2, 0.25) is 0 Å². The van der Waals surface area contributed by atoms with Crippen LogP contribution in [0.1, 0.15) is 13.8 Å². The second-order valence-electron chi connectivity index (χ2n) is 4.95. The van der Waals surface area contributed by atoms with Crippen molar-refractivity contribution >= 4 is 11.9 Å². The molecule has 0 saturated heterocycles. The zero-order valence-electron chi connectivity index (χ0n) is 14.9. The van der Waals surface area contributed by atoms with Gasteiger partial charge in [-0.1, -0.05) is 32.0 Å². The van der Waals surface area contributed by atoms with Gasteiger partial charge in [-0.15, -0.1) is 0 Å². The molecular weight excluding hydrogens is 324 g/mol. The Balaban J connectivity index is 0.000000609. The second-order valence-corrected chi connectivity index (χ2v) is 4.95. The van der Waals surface area contributed by atoms with E-state index in [1.807, 2.05) is 30.3 Å². The van der Waals surface area contributed by atoms with Gasteiger partial charge in [-0.25, -0.2) is 9.59 Å². The smallest absolute Gasteiger partial charge is 0.328 e. The molecule has 0 radical (unpaired) electrons. The van der Waals surface area contributed by atoms with Crippen LogP contribution in [0.15, 0.2) is 42.5 Å². The molecule has 0 spiro atoms. The first-order valence-electron chi connectivity index (χ1n) is 8.24. The predicted octanol–water partition coefficient (Wildman–Crippen LogP) is 1.71. The standard InChI is InChI=1S/C14H24N2O.C4H4O4/c1-3-16(4-2)12-10-15-11-13-17-14-8-6-5-7-9-14;5-3(6)1-2-4(7)8/h5-9,15H,3-4,10-13H2,1-2H3;1-2H,(H,5,6)(H,7,8). The van der Waals surface area contributed by atoms with Gasteiger partial charge in [0.25, 0.3) is 0 Å². The molecule has 0 unspecified atom stereocenters. The first kappa shape index (κ1) is 22.6. The molecule has 7 heteroatoms. The molecule has 0 saturated carbocycles. The van der Waals surface area contributed by atoms with Gasteiger partial charge in [0, 0.05) is 31.8 Å². The SMILES string of the molecule is CCN(CC)CCNCCOc1ccccc1.O=C(O)C=CC(=O)O.